The Balaban J connectivity index is 1.85. The van der Waals surface area contributed by atoms with E-state index in [9.17, 15) is 18.0 Å². The summed E-state index contributed by atoms with van der Waals surface area (Å²) in [4.78, 5) is 18.8. The Hall–Kier alpha value is -2.61. The Morgan fingerprint density at radius 2 is 1.89 bits per heavy atom. The van der Waals surface area contributed by atoms with Crippen LogP contribution in [0.1, 0.15) is 29.8 Å². The molecule has 2 atom stereocenters. The lowest BCUT2D eigenvalue weighted by Gasteiger charge is -2.35. The number of morpholine rings is 1. The number of amides is 1. The van der Waals surface area contributed by atoms with Crippen LogP contribution in [0.5, 0.6) is 0 Å². The standard InChI is InChI=1S/C19H20F3N3O2/c1-12-10-25(11-13(2)27-12)18(26)16-7-4-8-23-17(16)24-15-6-3-5-14(9-15)19(20,21)22/h3-9,12-13H,10-11H2,1-2H3,(H,23,24)/t12-,13+. The van der Waals surface area contributed by atoms with E-state index in [-0.39, 0.29) is 29.6 Å². The van der Waals surface area contributed by atoms with Gasteiger partial charge in [0.15, 0.2) is 0 Å². The van der Waals surface area contributed by atoms with Crippen LogP contribution in [0.4, 0.5) is 24.7 Å². The summed E-state index contributed by atoms with van der Waals surface area (Å²) in [6.45, 7) is 4.67. The average Bonchev–Trinajstić information content (AvgIpc) is 2.60. The number of nitrogens with one attached hydrogen (secondary N) is 1. The van der Waals surface area contributed by atoms with Gasteiger partial charge in [0.1, 0.15) is 5.82 Å². The summed E-state index contributed by atoms with van der Waals surface area (Å²) in [5.74, 6) is -0.0202. The first-order chi connectivity index (χ1) is 12.7. The first-order valence-electron chi connectivity index (χ1n) is 8.58. The third-order valence-electron chi connectivity index (χ3n) is 4.20. The SMILES string of the molecule is C[C@@H]1CN(C(=O)c2cccnc2Nc2cccc(C(F)(F)F)c2)C[C@H](C)O1. The summed E-state index contributed by atoms with van der Waals surface area (Å²) >= 11 is 0. The molecular weight excluding hydrogens is 359 g/mol. The van der Waals surface area contributed by atoms with E-state index in [0.29, 0.717) is 18.7 Å². The van der Waals surface area contributed by atoms with Crippen LogP contribution in [0.2, 0.25) is 0 Å². The average molecular weight is 379 g/mol. The zero-order valence-corrected chi connectivity index (χ0v) is 15.0. The number of alkyl halides is 3. The molecule has 8 heteroatoms. The van der Waals surface area contributed by atoms with Gasteiger partial charge in [-0.25, -0.2) is 4.98 Å². The second-order valence-corrected chi connectivity index (χ2v) is 6.57. The van der Waals surface area contributed by atoms with Gasteiger partial charge in [-0.2, -0.15) is 13.2 Å². The van der Waals surface area contributed by atoms with Crippen LogP contribution < -0.4 is 5.32 Å². The molecule has 0 spiro atoms. The van der Waals surface area contributed by atoms with E-state index in [0.717, 1.165) is 12.1 Å². The summed E-state index contributed by atoms with van der Waals surface area (Å²) < 4.78 is 44.4. The Morgan fingerprint density at radius 3 is 2.56 bits per heavy atom. The zero-order valence-electron chi connectivity index (χ0n) is 15.0. The third kappa shape index (κ3) is 4.57. The highest BCUT2D eigenvalue weighted by molar-refractivity contribution is 5.99. The van der Waals surface area contributed by atoms with Crippen molar-refractivity contribution in [2.24, 2.45) is 0 Å². The van der Waals surface area contributed by atoms with Gasteiger partial charge in [0.25, 0.3) is 5.91 Å². The van der Waals surface area contributed by atoms with Crippen LogP contribution in [-0.2, 0) is 10.9 Å². The van der Waals surface area contributed by atoms with Crippen molar-refractivity contribution in [3.8, 4) is 0 Å². The van der Waals surface area contributed by atoms with Crippen LogP contribution in [0.15, 0.2) is 42.6 Å². The molecule has 0 radical (unpaired) electrons. The fourth-order valence-electron chi connectivity index (χ4n) is 3.10. The molecule has 1 N–H and O–H groups in total. The number of anilines is 2. The molecule has 1 aliphatic heterocycles. The molecule has 1 aromatic carbocycles. The van der Waals surface area contributed by atoms with Crippen molar-refractivity contribution in [1.82, 2.24) is 9.88 Å². The van der Waals surface area contributed by atoms with Gasteiger partial charge in [0, 0.05) is 25.0 Å². The lowest BCUT2D eigenvalue weighted by Crippen LogP contribution is -2.48. The first-order valence-corrected chi connectivity index (χ1v) is 8.58. The highest BCUT2D eigenvalue weighted by atomic mass is 19.4. The molecule has 5 nitrogen and oxygen atoms in total. The molecule has 3 rings (SSSR count). The van der Waals surface area contributed by atoms with Gasteiger partial charge in [-0.3, -0.25) is 4.79 Å². The predicted molar refractivity (Wildman–Crippen MR) is 94.9 cm³/mol. The molecule has 0 unspecified atom stereocenters. The Morgan fingerprint density at radius 1 is 1.19 bits per heavy atom. The fraction of sp³-hybridized carbons (Fsp3) is 0.368. The maximum atomic E-state index is 12.9. The van der Waals surface area contributed by atoms with Crippen LogP contribution in [0.3, 0.4) is 0 Å². The van der Waals surface area contributed by atoms with Crippen molar-refractivity contribution < 1.29 is 22.7 Å². The molecule has 1 amide bonds. The number of aromatic nitrogens is 1. The lowest BCUT2D eigenvalue weighted by atomic mass is 10.1. The first kappa shape index (κ1) is 19.2. The van der Waals surface area contributed by atoms with Gasteiger partial charge >= 0.3 is 6.18 Å². The Labute approximate surface area is 155 Å². The number of carbonyl (C=O) groups excluding carboxylic acids is 1. The van der Waals surface area contributed by atoms with E-state index in [1.165, 1.54) is 18.3 Å². The molecule has 27 heavy (non-hydrogen) atoms. The molecule has 0 aliphatic carbocycles. The number of halogens is 3. The number of rotatable bonds is 3. The number of hydrogen-bond donors (Lipinski definition) is 1. The molecule has 1 aromatic heterocycles. The number of hydrogen-bond acceptors (Lipinski definition) is 4. The van der Waals surface area contributed by atoms with E-state index in [1.807, 2.05) is 13.8 Å². The molecule has 1 aliphatic rings. The highest BCUT2D eigenvalue weighted by Gasteiger charge is 2.31. The molecule has 144 valence electrons. The molecule has 2 aromatic rings. The van der Waals surface area contributed by atoms with Gasteiger partial charge in [0.05, 0.1) is 23.3 Å². The molecule has 0 saturated carbocycles. The third-order valence-corrected chi connectivity index (χ3v) is 4.20. The van der Waals surface area contributed by atoms with E-state index in [1.54, 1.807) is 17.0 Å². The molecule has 0 bridgehead atoms. The van der Waals surface area contributed by atoms with Crippen molar-refractivity contribution in [2.75, 3.05) is 18.4 Å². The lowest BCUT2D eigenvalue weighted by molar-refractivity contribution is -0.137. The minimum atomic E-state index is -4.44. The van der Waals surface area contributed by atoms with E-state index < -0.39 is 11.7 Å². The maximum absolute atomic E-state index is 12.9. The largest absolute Gasteiger partial charge is 0.416 e. The van der Waals surface area contributed by atoms with Crippen molar-refractivity contribution >= 4 is 17.4 Å². The smallest absolute Gasteiger partial charge is 0.372 e. The van der Waals surface area contributed by atoms with Gasteiger partial charge in [-0.15, -0.1) is 0 Å². The van der Waals surface area contributed by atoms with Gasteiger partial charge in [-0.1, -0.05) is 6.07 Å². The van der Waals surface area contributed by atoms with Crippen LogP contribution in [0.25, 0.3) is 0 Å². The van der Waals surface area contributed by atoms with Gasteiger partial charge < -0.3 is 15.0 Å². The normalized spacial score (nSPS) is 20.4. The minimum absolute atomic E-state index is 0.0887. The zero-order chi connectivity index (χ0) is 19.6. The van der Waals surface area contributed by atoms with Crippen LogP contribution in [-0.4, -0.2) is 41.1 Å². The molecule has 1 saturated heterocycles. The summed E-state index contributed by atoms with van der Waals surface area (Å²) in [7, 11) is 0. The van der Waals surface area contributed by atoms with Crippen molar-refractivity contribution in [1.29, 1.82) is 0 Å². The van der Waals surface area contributed by atoms with E-state index >= 15 is 0 Å². The van der Waals surface area contributed by atoms with Crippen LogP contribution >= 0.6 is 0 Å². The summed E-state index contributed by atoms with van der Waals surface area (Å²) in [5.41, 5.74) is -0.260. The van der Waals surface area contributed by atoms with Gasteiger partial charge in [0.2, 0.25) is 0 Å². The van der Waals surface area contributed by atoms with Crippen LogP contribution in [0, 0.1) is 0 Å². The monoisotopic (exact) mass is 379 g/mol. The number of nitrogens with zero attached hydrogens (tertiary/aromatic N) is 2. The Kier molecular flexibility index (Phi) is 5.36. The fourth-order valence-corrected chi connectivity index (χ4v) is 3.10. The predicted octanol–water partition coefficient (Wildman–Crippen LogP) is 4.09. The minimum Gasteiger partial charge on any atom is -0.372 e. The summed E-state index contributed by atoms with van der Waals surface area (Å²) in [6.07, 6.45) is -3.14. The molecule has 1 fully saturated rings. The summed E-state index contributed by atoms with van der Waals surface area (Å²) in [5, 5.41) is 2.84. The van der Waals surface area contributed by atoms with Gasteiger partial charge in [-0.05, 0) is 44.2 Å². The number of ether oxygens (including phenoxy) is 1. The number of carbonyl (C=O) groups is 1. The number of pyridine rings is 1. The maximum Gasteiger partial charge on any atom is 0.416 e. The Bertz CT molecular complexity index is 816. The topological polar surface area (TPSA) is 54.5 Å². The quantitative estimate of drug-likeness (QED) is 0.873. The molecule has 2 heterocycles. The second kappa shape index (κ2) is 7.56. The second-order valence-electron chi connectivity index (χ2n) is 6.57. The van der Waals surface area contributed by atoms with Crippen molar-refractivity contribution in [2.45, 2.75) is 32.2 Å². The van der Waals surface area contributed by atoms with E-state index in [2.05, 4.69) is 10.3 Å². The molecular formula is C19H20F3N3O2. The van der Waals surface area contributed by atoms with E-state index in [4.69, 9.17) is 4.74 Å². The highest BCUT2D eigenvalue weighted by Crippen LogP contribution is 2.31. The number of benzene rings is 1. The van der Waals surface area contributed by atoms with Crippen molar-refractivity contribution in [3.63, 3.8) is 0 Å². The summed E-state index contributed by atoms with van der Waals surface area (Å²) in [6, 6.07) is 8.01. The van der Waals surface area contributed by atoms with Crippen molar-refractivity contribution in [3.05, 3.63) is 53.7 Å².